The van der Waals surface area contributed by atoms with Gasteiger partial charge in [-0.3, -0.25) is 9.78 Å². The maximum atomic E-state index is 15.3. The van der Waals surface area contributed by atoms with Gasteiger partial charge in [0.2, 0.25) is 0 Å². The highest BCUT2D eigenvalue weighted by Gasteiger charge is 2.34. The largest absolute Gasteiger partial charge is 0.497 e. The van der Waals surface area contributed by atoms with Crippen molar-refractivity contribution in [3.63, 3.8) is 0 Å². The molecule has 1 aliphatic heterocycles. The minimum atomic E-state index is -1.15. The first-order chi connectivity index (χ1) is 16.0. The Balaban J connectivity index is 1.33. The van der Waals surface area contributed by atoms with Crippen LogP contribution in [0.3, 0.4) is 0 Å². The first kappa shape index (κ1) is 24.3. The van der Waals surface area contributed by atoms with E-state index >= 15 is 4.39 Å². The number of pyridine rings is 1. The fourth-order valence-electron chi connectivity index (χ4n) is 5.36. The van der Waals surface area contributed by atoms with Gasteiger partial charge in [-0.1, -0.05) is 12.8 Å². The zero-order chi connectivity index (χ0) is 23.2. The first-order valence-electron chi connectivity index (χ1n) is 12.2. The molecule has 2 aromatic rings. The Bertz CT molecular complexity index is 937. The molecule has 1 N–H and O–H groups in total. The second kappa shape index (κ2) is 11.5. The molecule has 7 heteroatoms. The molecule has 1 aliphatic carbocycles. The zero-order valence-electron chi connectivity index (χ0n) is 19.4. The average molecular weight is 475 g/mol. The number of piperidine rings is 1. The third-order valence-electron chi connectivity index (χ3n) is 7.33. The zero-order valence-corrected chi connectivity index (χ0v) is 20.2. The van der Waals surface area contributed by atoms with Gasteiger partial charge in [-0.15, -0.1) is 0 Å². The van der Waals surface area contributed by atoms with Crippen LogP contribution >= 0.6 is 11.8 Å². The third-order valence-corrected chi connectivity index (χ3v) is 8.69. The summed E-state index contributed by atoms with van der Waals surface area (Å²) in [6.07, 6.45) is 7.56. The van der Waals surface area contributed by atoms with Crippen LogP contribution in [0.5, 0.6) is 5.75 Å². The lowest BCUT2D eigenvalue weighted by atomic mass is 9.81. The van der Waals surface area contributed by atoms with Crippen LogP contribution in [0.25, 0.3) is 10.9 Å². The van der Waals surface area contributed by atoms with Crippen molar-refractivity contribution < 1.29 is 19.0 Å². The van der Waals surface area contributed by atoms with E-state index in [0.717, 1.165) is 41.4 Å². The third kappa shape index (κ3) is 6.18. The lowest BCUT2D eigenvalue weighted by Gasteiger charge is -2.37. The number of thioether (sulfide) groups is 1. The molecular formula is C26H35FN2O3S. The van der Waals surface area contributed by atoms with Crippen molar-refractivity contribution >= 4 is 28.6 Å². The molecule has 0 spiro atoms. The van der Waals surface area contributed by atoms with Crippen LogP contribution < -0.4 is 4.74 Å². The molecule has 5 nitrogen and oxygen atoms in total. The number of hydrogen-bond donors (Lipinski definition) is 1. The number of carboxylic acid groups (broad SMARTS) is 1. The predicted molar refractivity (Wildman–Crippen MR) is 132 cm³/mol. The molecule has 3 atom stereocenters. The summed E-state index contributed by atoms with van der Waals surface area (Å²) in [7, 11) is 1.59. The smallest absolute Gasteiger partial charge is 0.308 e. The van der Waals surface area contributed by atoms with Crippen molar-refractivity contribution in [3.8, 4) is 5.75 Å². The minimum absolute atomic E-state index is 0.0159. The summed E-state index contributed by atoms with van der Waals surface area (Å²) < 4.78 is 20.6. The van der Waals surface area contributed by atoms with Crippen molar-refractivity contribution in [2.45, 2.75) is 56.4 Å². The van der Waals surface area contributed by atoms with Crippen LogP contribution in [0.15, 0.2) is 30.5 Å². The monoisotopic (exact) mass is 474 g/mol. The topological polar surface area (TPSA) is 62.7 Å². The SMILES string of the molecule is COc1ccc2nccc([C@H](F)CC[C@@H]3CCN(CCSC4CCCC4)C[C@@H]3C(=O)O)c2c1. The van der Waals surface area contributed by atoms with Gasteiger partial charge in [0.05, 0.1) is 18.5 Å². The van der Waals surface area contributed by atoms with Crippen molar-refractivity contribution in [1.29, 1.82) is 0 Å². The Hall–Kier alpha value is -1.86. The number of carboxylic acids is 1. The Morgan fingerprint density at radius 2 is 2.12 bits per heavy atom. The van der Waals surface area contributed by atoms with E-state index in [-0.39, 0.29) is 5.92 Å². The summed E-state index contributed by atoms with van der Waals surface area (Å²) in [6.45, 7) is 2.44. The predicted octanol–water partition coefficient (Wildman–Crippen LogP) is 5.73. The summed E-state index contributed by atoms with van der Waals surface area (Å²) in [5.74, 6) is 0.599. The minimum Gasteiger partial charge on any atom is -0.497 e. The summed E-state index contributed by atoms with van der Waals surface area (Å²) in [4.78, 5) is 18.6. The van der Waals surface area contributed by atoms with Gasteiger partial charge in [-0.2, -0.15) is 11.8 Å². The quantitative estimate of drug-likeness (QED) is 0.474. The molecule has 4 rings (SSSR count). The lowest BCUT2D eigenvalue weighted by Crippen LogP contribution is -2.44. The molecule has 0 unspecified atom stereocenters. The molecule has 33 heavy (non-hydrogen) atoms. The number of hydrogen-bond acceptors (Lipinski definition) is 5. The van der Waals surface area contributed by atoms with Gasteiger partial charge in [0.25, 0.3) is 0 Å². The van der Waals surface area contributed by atoms with E-state index in [1.807, 2.05) is 18.2 Å². The molecule has 1 aromatic carbocycles. The molecule has 0 bridgehead atoms. The van der Waals surface area contributed by atoms with E-state index in [9.17, 15) is 9.90 Å². The maximum absolute atomic E-state index is 15.3. The normalized spacial score (nSPS) is 23.1. The van der Waals surface area contributed by atoms with Crippen molar-refractivity contribution in [2.24, 2.45) is 11.8 Å². The first-order valence-corrected chi connectivity index (χ1v) is 13.2. The Morgan fingerprint density at radius 3 is 2.88 bits per heavy atom. The van der Waals surface area contributed by atoms with Gasteiger partial charge in [-0.25, -0.2) is 4.39 Å². The van der Waals surface area contributed by atoms with Crippen molar-refractivity contribution in [1.82, 2.24) is 9.88 Å². The number of benzene rings is 1. The molecule has 2 fully saturated rings. The van der Waals surface area contributed by atoms with E-state index in [1.54, 1.807) is 19.4 Å². The number of methoxy groups -OCH3 is 1. The number of aromatic nitrogens is 1. The molecule has 0 radical (unpaired) electrons. The molecule has 2 heterocycles. The number of nitrogens with zero attached hydrogens (tertiary/aromatic N) is 2. The Morgan fingerprint density at radius 1 is 1.30 bits per heavy atom. The molecule has 180 valence electrons. The second-order valence-corrected chi connectivity index (χ2v) is 10.8. The molecule has 1 aromatic heterocycles. The average Bonchev–Trinajstić information content (AvgIpc) is 3.35. The van der Waals surface area contributed by atoms with Gasteiger partial charge < -0.3 is 14.7 Å². The highest BCUT2D eigenvalue weighted by atomic mass is 32.2. The number of alkyl halides is 1. The van der Waals surface area contributed by atoms with E-state index in [1.165, 1.54) is 25.7 Å². The molecule has 1 saturated carbocycles. The van der Waals surface area contributed by atoms with E-state index in [2.05, 4.69) is 21.6 Å². The highest BCUT2D eigenvalue weighted by Crippen LogP contribution is 2.36. The fraction of sp³-hybridized carbons (Fsp3) is 0.615. The number of likely N-dealkylation sites (tertiary alicyclic amines) is 1. The highest BCUT2D eigenvalue weighted by molar-refractivity contribution is 7.99. The van der Waals surface area contributed by atoms with E-state index in [0.29, 0.717) is 30.7 Å². The number of ether oxygens (including phenoxy) is 1. The van der Waals surface area contributed by atoms with E-state index in [4.69, 9.17) is 4.74 Å². The summed E-state index contributed by atoms with van der Waals surface area (Å²) in [5.41, 5.74) is 1.34. The number of rotatable bonds is 10. The maximum Gasteiger partial charge on any atom is 0.308 e. The number of fused-ring (bicyclic) bond motifs is 1. The van der Waals surface area contributed by atoms with Crippen molar-refractivity contribution in [3.05, 3.63) is 36.0 Å². The van der Waals surface area contributed by atoms with Crippen LogP contribution in [0.2, 0.25) is 0 Å². The number of carbonyl (C=O) groups is 1. The Labute approximate surface area is 200 Å². The molecule has 1 saturated heterocycles. The van der Waals surface area contributed by atoms with E-state index < -0.39 is 18.1 Å². The summed E-state index contributed by atoms with van der Waals surface area (Å²) in [5, 5.41) is 11.4. The van der Waals surface area contributed by atoms with Crippen LogP contribution in [0.4, 0.5) is 4.39 Å². The van der Waals surface area contributed by atoms with Crippen molar-refractivity contribution in [2.75, 3.05) is 32.5 Å². The second-order valence-electron chi connectivity index (χ2n) is 9.40. The van der Waals surface area contributed by atoms with Gasteiger partial charge in [0.1, 0.15) is 11.9 Å². The van der Waals surface area contributed by atoms with Crippen LogP contribution in [-0.2, 0) is 4.79 Å². The molecule has 2 aliphatic rings. The van der Waals surface area contributed by atoms with Gasteiger partial charge in [0, 0.05) is 35.7 Å². The standard InChI is InChI=1S/C26H35FN2O3S/c1-32-19-7-9-25-22(16-19)21(10-12-28-25)24(27)8-6-18-11-13-29(17-23(18)26(30)31)14-15-33-20-4-2-3-5-20/h7,9-10,12,16,18,20,23-24H,2-6,8,11,13-15,17H2,1H3,(H,30,31)/t18-,23+,24-/m1/s1. The fourth-order valence-corrected chi connectivity index (χ4v) is 6.73. The van der Waals surface area contributed by atoms with Gasteiger partial charge in [0.15, 0.2) is 0 Å². The Kier molecular flexibility index (Phi) is 8.47. The van der Waals surface area contributed by atoms with Crippen LogP contribution in [-0.4, -0.2) is 58.7 Å². The lowest BCUT2D eigenvalue weighted by molar-refractivity contribution is -0.146. The van der Waals surface area contributed by atoms with Gasteiger partial charge in [-0.05, 0) is 74.4 Å². The van der Waals surface area contributed by atoms with Gasteiger partial charge >= 0.3 is 5.97 Å². The summed E-state index contributed by atoms with van der Waals surface area (Å²) >= 11 is 2.05. The number of halogens is 1. The number of aliphatic carboxylic acids is 1. The van der Waals surface area contributed by atoms with Crippen LogP contribution in [0.1, 0.15) is 56.7 Å². The van der Waals surface area contributed by atoms with Crippen LogP contribution in [0, 0.1) is 11.8 Å². The molecule has 0 amide bonds. The molecular weight excluding hydrogens is 439 g/mol. The summed E-state index contributed by atoms with van der Waals surface area (Å²) in [6, 6.07) is 7.22.